The normalized spacial score (nSPS) is 18.9. The van der Waals surface area contributed by atoms with E-state index in [0.29, 0.717) is 11.2 Å². The van der Waals surface area contributed by atoms with Crippen LogP contribution in [0.4, 0.5) is 5.13 Å². The number of hydrogen-bond donors (Lipinski definition) is 1. The number of rotatable bonds is 2. The molecule has 0 amide bonds. The molecule has 0 aliphatic carbocycles. The van der Waals surface area contributed by atoms with Gasteiger partial charge in [-0.1, -0.05) is 17.4 Å². The van der Waals surface area contributed by atoms with Crippen LogP contribution < -0.4 is 5.73 Å². The smallest absolute Gasteiger partial charge is 0.181 e. The molecule has 0 spiro atoms. The summed E-state index contributed by atoms with van der Waals surface area (Å²) >= 11 is 1.57. The highest BCUT2D eigenvalue weighted by Gasteiger charge is 2.19. The van der Waals surface area contributed by atoms with Crippen LogP contribution in [0.1, 0.15) is 31.4 Å². The largest absolute Gasteiger partial charge is 0.375 e. The molecule has 1 unspecified atom stereocenters. The Morgan fingerprint density at radius 2 is 2.12 bits per heavy atom. The van der Waals surface area contributed by atoms with Crippen molar-refractivity contribution < 1.29 is 0 Å². The second-order valence-corrected chi connectivity index (χ2v) is 5.76. The minimum atomic E-state index is 0.505. The number of thiazole rings is 1. The fourth-order valence-electron chi connectivity index (χ4n) is 2.56. The van der Waals surface area contributed by atoms with Gasteiger partial charge in [-0.3, -0.25) is 4.90 Å². The zero-order chi connectivity index (χ0) is 11.8. The number of hydrogen-bond acceptors (Lipinski definition) is 4. The lowest BCUT2D eigenvalue weighted by molar-refractivity contribution is 0.263. The van der Waals surface area contributed by atoms with E-state index in [1.54, 1.807) is 11.3 Å². The van der Waals surface area contributed by atoms with Crippen molar-refractivity contribution in [3.05, 3.63) is 23.8 Å². The van der Waals surface area contributed by atoms with E-state index >= 15 is 0 Å². The third-order valence-corrected chi connectivity index (χ3v) is 4.45. The zero-order valence-corrected chi connectivity index (χ0v) is 10.8. The summed E-state index contributed by atoms with van der Waals surface area (Å²) in [7, 11) is 0. The Morgan fingerprint density at radius 3 is 2.88 bits per heavy atom. The molecule has 1 aromatic heterocycles. The summed E-state index contributed by atoms with van der Waals surface area (Å²) in [5.41, 5.74) is 8.13. The number of anilines is 1. The fraction of sp³-hybridized carbons (Fsp3) is 0.462. The second-order valence-electron chi connectivity index (χ2n) is 4.70. The van der Waals surface area contributed by atoms with Gasteiger partial charge in [0, 0.05) is 6.04 Å². The Labute approximate surface area is 105 Å². The van der Waals surface area contributed by atoms with Gasteiger partial charge in [-0.25, -0.2) is 4.98 Å². The van der Waals surface area contributed by atoms with Crippen LogP contribution >= 0.6 is 11.3 Å². The first-order chi connectivity index (χ1) is 8.24. The molecule has 1 atom stereocenters. The third-order valence-electron chi connectivity index (χ3n) is 3.60. The monoisotopic (exact) mass is 247 g/mol. The highest BCUT2D eigenvalue weighted by atomic mass is 32.1. The van der Waals surface area contributed by atoms with Gasteiger partial charge in [-0.2, -0.15) is 0 Å². The molecule has 3 rings (SSSR count). The van der Waals surface area contributed by atoms with Gasteiger partial charge in [0.25, 0.3) is 0 Å². The first kappa shape index (κ1) is 11.0. The second kappa shape index (κ2) is 4.27. The molecule has 0 radical (unpaired) electrons. The molecule has 1 saturated heterocycles. The number of nitrogen functional groups attached to an aromatic ring is 1. The molecule has 1 aliphatic heterocycles. The molecular weight excluding hydrogens is 230 g/mol. The van der Waals surface area contributed by atoms with E-state index in [9.17, 15) is 0 Å². The van der Waals surface area contributed by atoms with Crippen LogP contribution in [0, 0.1) is 0 Å². The Morgan fingerprint density at radius 1 is 1.35 bits per heavy atom. The molecule has 90 valence electrons. The van der Waals surface area contributed by atoms with Crippen LogP contribution in [0.3, 0.4) is 0 Å². The number of aromatic nitrogens is 1. The summed E-state index contributed by atoms with van der Waals surface area (Å²) in [4.78, 5) is 6.84. The molecule has 0 bridgehead atoms. The first-order valence-corrected chi connectivity index (χ1v) is 6.96. The molecule has 1 fully saturated rings. The van der Waals surface area contributed by atoms with Crippen LogP contribution in [-0.2, 0) is 0 Å². The van der Waals surface area contributed by atoms with Gasteiger partial charge in [-0.15, -0.1) is 0 Å². The van der Waals surface area contributed by atoms with Crippen molar-refractivity contribution in [2.75, 3.05) is 18.8 Å². The lowest BCUT2D eigenvalue weighted by Crippen LogP contribution is -2.23. The minimum absolute atomic E-state index is 0.505. The molecule has 17 heavy (non-hydrogen) atoms. The van der Waals surface area contributed by atoms with Gasteiger partial charge in [0.2, 0.25) is 0 Å². The maximum Gasteiger partial charge on any atom is 0.181 e. The van der Waals surface area contributed by atoms with Crippen molar-refractivity contribution in [2.24, 2.45) is 0 Å². The standard InChI is InChI=1S/C13H17N3S/c1-9(16-6-2-3-7-16)10-4-5-11-12(8-10)17-13(14)15-11/h4-5,8-9H,2-3,6-7H2,1H3,(H2,14,15). The zero-order valence-electron chi connectivity index (χ0n) is 10.0. The van der Waals surface area contributed by atoms with Crippen LogP contribution in [0.25, 0.3) is 10.2 Å². The van der Waals surface area contributed by atoms with Gasteiger partial charge in [0.15, 0.2) is 5.13 Å². The SMILES string of the molecule is CC(c1ccc2nc(N)sc2c1)N1CCCC1. The van der Waals surface area contributed by atoms with E-state index in [1.165, 1.54) is 36.2 Å². The molecule has 1 aromatic carbocycles. The predicted octanol–water partition coefficient (Wildman–Crippen LogP) is 3.04. The van der Waals surface area contributed by atoms with E-state index < -0.39 is 0 Å². The molecule has 2 heterocycles. The topological polar surface area (TPSA) is 42.1 Å². The average Bonchev–Trinajstić information content (AvgIpc) is 2.94. The molecule has 3 nitrogen and oxygen atoms in total. The van der Waals surface area contributed by atoms with Crippen molar-refractivity contribution in [2.45, 2.75) is 25.8 Å². The van der Waals surface area contributed by atoms with Crippen molar-refractivity contribution in [1.82, 2.24) is 9.88 Å². The summed E-state index contributed by atoms with van der Waals surface area (Å²) in [6, 6.07) is 7.02. The molecule has 2 N–H and O–H groups in total. The molecular formula is C13H17N3S. The van der Waals surface area contributed by atoms with Crippen molar-refractivity contribution in [3.63, 3.8) is 0 Å². The van der Waals surface area contributed by atoms with Gasteiger partial charge in [0.05, 0.1) is 10.2 Å². The molecule has 4 heteroatoms. The first-order valence-electron chi connectivity index (χ1n) is 6.14. The quantitative estimate of drug-likeness (QED) is 0.887. The van der Waals surface area contributed by atoms with Gasteiger partial charge in [0.1, 0.15) is 0 Å². The Hall–Kier alpha value is -1.13. The summed E-state index contributed by atoms with van der Waals surface area (Å²) in [5.74, 6) is 0. The number of nitrogens with two attached hydrogens (primary N) is 1. The summed E-state index contributed by atoms with van der Waals surface area (Å²) in [6.45, 7) is 4.74. The van der Waals surface area contributed by atoms with Gasteiger partial charge < -0.3 is 5.73 Å². The van der Waals surface area contributed by atoms with Crippen LogP contribution in [-0.4, -0.2) is 23.0 Å². The minimum Gasteiger partial charge on any atom is -0.375 e. The van der Waals surface area contributed by atoms with Crippen molar-refractivity contribution in [1.29, 1.82) is 0 Å². The van der Waals surface area contributed by atoms with E-state index in [-0.39, 0.29) is 0 Å². The maximum absolute atomic E-state index is 5.74. The molecule has 0 saturated carbocycles. The summed E-state index contributed by atoms with van der Waals surface area (Å²) in [5, 5.41) is 0.658. The maximum atomic E-state index is 5.74. The lowest BCUT2D eigenvalue weighted by atomic mass is 10.1. The van der Waals surface area contributed by atoms with E-state index in [0.717, 1.165) is 5.52 Å². The number of fused-ring (bicyclic) bond motifs is 1. The molecule has 1 aliphatic rings. The highest BCUT2D eigenvalue weighted by Crippen LogP contribution is 2.30. The van der Waals surface area contributed by atoms with Crippen molar-refractivity contribution >= 4 is 26.7 Å². The summed E-state index contributed by atoms with van der Waals surface area (Å²) in [6.07, 6.45) is 2.67. The lowest BCUT2D eigenvalue weighted by Gasteiger charge is -2.23. The van der Waals surface area contributed by atoms with E-state index in [2.05, 4.69) is 35.0 Å². The number of nitrogens with zero attached hydrogens (tertiary/aromatic N) is 2. The molecule has 2 aromatic rings. The average molecular weight is 247 g/mol. The highest BCUT2D eigenvalue weighted by molar-refractivity contribution is 7.22. The number of likely N-dealkylation sites (tertiary alicyclic amines) is 1. The number of benzene rings is 1. The van der Waals surface area contributed by atoms with Crippen LogP contribution in [0.5, 0.6) is 0 Å². The predicted molar refractivity (Wildman–Crippen MR) is 73.3 cm³/mol. The Balaban J connectivity index is 1.93. The summed E-state index contributed by atoms with van der Waals surface area (Å²) < 4.78 is 1.20. The van der Waals surface area contributed by atoms with Crippen LogP contribution in [0.2, 0.25) is 0 Å². The van der Waals surface area contributed by atoms with Crippen molar-refractivity contribution in [3.8, 4) is 0 Å². The van der Waals surface area contributed by atoms with Crippen LogP contribution in [0.15, 0.2) is 18.2 Å². The van der Waals surface area contributed by atoms with Gasteiger partial charge in [-0.05, 0) is 50.6 Å². The van der Waals surface area contributed by atoms with Gasteiger partial charge >= 0.3 is 0 Å². The Bertz CT molecular complexity index is 528. The van der Waals surface area contributed by atoms with E-state index in [1.807, 2.05) is 0 Å². The fourth-order valence-corrected chi connectivity index (χ4v) is 3.34. The third kappa shape index (κ3) is 2.03. The Kier molecular flexibility index (Phi) is 2.76. The van der Waals surface area contributed by atoms with E-state index in [4.69, 9.17) is 5.73 Å².